The van der Waals surface area contributed by atoms with Crippen LogP contribution in [0.15, 0.2) is 18.2 Å². The zero-order valence-electron chi connectivity index (χ0n) is 16.3. The van der Waals surface area contributed by atoms with Crippen LogP contribution in [0.1, 0.15) is 43.7 Å². The fraction of sp³-hybridized carbons (Fsp3) is 0.619. The average molecular weight is 357 g/mol. The molecule has 1 aromatic carbocycles. The summed E-state index contributed by atoms with van der Waals surface area (Å²) in [7, 11) is 0. The number of carbonyl (C=O) groups excluding carboxylic acids is 2. The number of nitrogens with zero attached hydrogens (tertiary/aromatic N) is 2. The van der Waals surface area contributed by atoms with E-state index in [1.54, 1.807) is 4.90 Å². The molecule has 142 valence electrons. The van der Waals surface area contributed by atoms with Gasteiger partial charge in [-0.25, -0.2) is 0 Å². The summed E-state index contributed by atoms with van der Waals surface area (Å²) in [5.74, 6) is -0.339. The van der Waals surface area contributed by atoms with Gasteiger partial charge in [0.25, 0.3) is 0 Å². The minimum atomic E-state index is -0.427. The molecular formula is C21H31N3O2. The molecule has 0 radical (unpaired) electrons. The molecule has 2 fully saturated rings. The van der Waals surface area contributed by atoms with Crippen molar-refractivity contribution in [3.05, 3.63) is 29.3 Å². The van der Waals surface area contributed by atoms with Crippen LogP contribution in [0.2, 0.25) is 0 Å². The lowest BCUT2D eigenvalue weighted by Crippen LogP contribution is -2.54. The predicted molar refractivity (Wildman–Crippen MR) is 104 cm³/mol. The lowest BCUT2D eigenvalue weighted by Gasteiger charge is -2.37. The lowest BCUT2D eigenvalue weighted by molar-refractivity contribution is -0.146. The van der Waals surface area contributed by atoms with Crippen LogP contribution in [0.5, 0.6) is 0 Å². The molecule has 0 aromatic heterocycles. The summed E-state index contributed by atoms with van der Waals surface area (Å²) in [5, 5.41) is 2.98. The Labute approximate surface area is 156 Å². The van der Waals surface area contributed by atoms with E-state index in [4.69, 9.17) is 0 Å². The van der Waals surface area contributed by atoms with E-state index in [1.807, 2.05) is 0 Å². The quantitative estimate of drug-likeness (QED) is 0.828. The standard InChI is InChI=1S/C21H31N3O2/c1-15-8-6-10-19(17(15)3)23-11-13-24(14-12-23)21(26)20(25)22-18-9-5-4-7-16(18)2/h6,8,10,16,18H,4-5,7,9,11-14H2,1-3H3,(H,22,25). The molecule has 1 heterocycles. The third-order valence-electron chi connectivity index (χ3n) is 6.11. The Balaban J connectivity index is 1.54. The minimum absolute atomic E-state index is 0.149. The first-order valence-corrected chi connectivity index (χ1v) is 9.88. The van der Waals surface area contributed by atoms with Crippen LogP contribution in [0, 0.1) is 19.8 Å². The molecular weight excluding hydrogens is 326 g/mol. The van der Waals surface area contributed by atoms with Gasteiger partial charge in [-0.1, -0.05) is 31.9 Å². The van der Waals surface area contributed by atoms with Crippen LogP contribution in [-0.2, 0) is 9.59 Å². The fourth-order valence-electron chi connectivity index (χ4n) is 4.13. The van der Waals surface area contributed by atoms with Crippen molar-refractivity contribution in [1.29, 1.82) is 0 Å². The van der Waals surface area contributed by atoms with Gasteiger partial charge in [0.1, 0.15) is 0 Å². The number of anilines is 1. The molecule has 1 saturated carbocycles. The number of hydrogen-bond acceptors (Lipinski definition) is 3. The number of hydrogen-bond donors (Lipinski definition) is 1. The monoisotopic (exact) mass is 357 g/mol. The second kappa shape index (κ2) is 8.11. The second-order valence-corrected chi connectivity index (χ2v) is 7.84. The van der Waals surface area contributed by atoms with Crippen LogP contribution in [0.25, 0.3) is 0 Å². The number of benzene rings is 1. The smallest absolute Gasteiger partial charge is 0.312 e. The molecule has 1 aliphatic heterocycles. The zero-order chi connectivity index (χ0) is 18.7. The number of rotatable bonds is 2. The molecule has 0 spiro atoms. The SMILES string of the molecule is Cc1cccc(N2CCN(C(=O)C(=O)NC3CCCCC3C)CC2)c1C. The number of amides is 2. The number of carbonyl (C=O) groups is 2. The van der Waals surface area contributed by atoms with Crippen LogP contribution in [0.4, 0.5) is 5.69 Å². The van der Waals surface area contributed by atoms with Gasteiger partial charge in [0, 0.05) is 37.9 Å². The molecule has 1 N–H and O–H groups in total. The van der Waals surface area contributed by atoms with E-state index in [-0.39, 0.29) is 11.9 Å². The van der Waals surface area contributed by atoms with Crippen molar-refractivity contribution in [2.75, 3.05) is 31.1 Å². The molecule has 5 heteroatoms. The first-order chi connectivity index (χ1) is 12.5. The van der Waals surface area contributed by atoms with Gasteiger partial charge in [-0.05, 0) is 49.8 Å². The van der Waals surface area contributed by atoms with Crippen molar-refractivity contribution in [3.63, 3.8) is 0 Å². The number of piperazine rings is 1. The summed E-state index contributed by atoms with van der Waals surface area (Å²) in [6, 6.07) is 6.48. The van der Waals surface area contributed by atoms with Crippen LogP contribution in [0.3, 0.4) is 0 Å². The fourth-order valence-corrected chi connectivity index (χ4v) is 4.13. The van der Waals surface area contributed by atoms with E-state index in [0.717, 1.165) is 32.4 Å². The van der Waals surface area contributed by atoms with E-state index in [1.165, 1.54) is 23.2 Å². The maximum Gasteiger partial charge on any atom is 0.312 e. The summed E-state index contributed by atoms with van der Waals surface area (Å²) in [4.78, 5) is 28.9. The van der Waals surface area contributed by atoms with E-state index < -0.39 is 5.91 Å². The Hall–Kier alpha value is -2.04. The van der Waals surface area contributed by atoms with Crippen molar-refractivity contribution >= 4 is 17.5 Å². The summed E-state index contributed by atoms with van der Waals surface area (Å²) in [6.07, 6.45) is 4.48. The van der Waals surface area contributed by atoms with Crippen LogP contribution in [-0.4, -0.2) is 48.9 Å². The summed E-state index contributed by atoms with van der Waals surface area (Å²) >= 11 is 0. The van der Waals surface area contributed by atoms with E-state index in [0.29, 0.717) is 19.0 Å². The predicted octanol–water partition coefficient (Wildman–Crippen LogP) is 2.65. The van der Waals surface area contributed by atoms with Gasteiger partial charge >= 0.3 is 11.8 Å². The Morgan fingerprint density at radius 3 is 2.42 bits per heavy atom. The van der Waals surface area contributed by atoms with E-state index in [9.17, 15) is 9.59 Å². The minimum Gasteiger partial charge on any atom is -0.368 e. The number of aryl methyl sites for hydroxylation is 1. The third-order valence-corrected chi connectivity index (χ3v) is 6.11. The average Bonchev–Trinajstić information content (AvgIpc) is 2.65. The van der Waals surface area contributed by atoms with Crippen molar-refractivity contribution in [1.82, 2.24) is 10.2 Å². The molecule has 2 aliphatic rings. The highest BCUT2D eigenvalue weighted by molar-refractivity contribution is 6.35. The summed E-state index contributed by atoms with van der Waals surface area (Å²) < 4.78 is 0. The maximum absolute atomic E-state index is 12.5. The highest BCUT2D eigenvalue weighted by atomic mass is 16.2. The number of nitrogens with one attached hydrogen (secondary N) is 1. The van der Waals surface area contributed by atoms with Crippen LogP contribution >= 0.6 is 0 Å². The Bertz CT molecular complexity index is 665. The first kappa shape index (κ1) is 18.7. The van der Waals surface area contributed by atoms with Crippen LogP contribution < -0.4 is 10.2 Å². The summed E-state index contributed by atoms with van der Waals surface area (Å²) in [5.41, 5.74) is 3.80. The molecule has 1 saturated heterocycles. The lowest BCUT2D eigenvalue weighted by atomic mass is 9.86. The van der Waals surface area contributed by atoms with Gasteiger partial charge in [-0.3, -0.25) is 9.59 Å². The summed E-state index contributed by atoms with van der Waals surface area (Å²) in [6.45, 7) is 9.15. The molecule has 0 bridgehead atoms. The normalized spacial score (nSPS) is 23.7. The largest absolute Gasteiger partial charge is 0.368 e. The molecule has 2 unspecified atom stereocenters. The molecule has 3 rings (SSSR count). The van der Waals surface area contributed by atoms with Gasteiger partial charge < -0.3 is 15.1 Å². The zero-order valence-corrected chi connectivity index (χ0v) is 16.3. The second-order valence-electron chi connectivity index (χ2n) is 7.84. The Kier molecular flexibility index (Phi) is 5.84. The van der Waals surface area contributed by atoms with Crippen molar-refractivity contribution < 1.29 is 9.59 Å². The van der Waals surface area contributed by atoms with Crippen molar-refractivity contribution in [2.45, 2.75) is 52.5 Å². The molecule has 1 aromatic rings. The van der Waals surface area contributed by atoms with Gasteiger partial charge in [-0.15, -0.1) is 0 Å². The molecule has 5 nitrogen and oxygen atoms in total. The van der Waals surface area contributed by atoms with Gasteiger partial charge in [0.05, 0.1) is 0 Å². The van der Waals surface area contributed by atoms with Crippen molar-refractivity contribution in [2.24, 2.45) is 5.92 Å². The van der Waals surface area contributed by atoms with Gasteiger partial charge in [0.2, 0.25) is 0 Å². The van der Waals surface area contributed by atoms with E-state index in [2.05, 4.69) is 49.2 Å². The molecule has 1 aliphatic carbocycles. The molecule has 2 atom stereocenters. The third kappa shape index (κ3) is 4.02. The highest BCUT2D eigenvalue weighted by Gasteiger charge is 2.30. The van der Waals surface area contributed by atoms with Gasteiger partial charge in [0.15, 0.2) is 0 Å². The Morgan fingerprint density at radius 1 is 1.04 bits per heavy atom. The molecule has 26 heavy (non-hydrogen) atoms. The maximum atomic E-state index is 12.5. The topological polar surface area (TPSA) is 52.7 Å². The highest BCUT2D eigenvalue weighted by Crippen LogP contribution is 2.25. The van der Waals surface area contributed by atoms with Crippen molar-refractivity contribution in [3.8, 4) is 0 Å². The molecule has 2 amide bonds. The Morgan fingerprint density at radius 2 is 1.73 bits per heavy atom. The van der Waals surface area contributed by atoms with E-state index >= 15 is 0 Å². The van der Waals surface area contributed by atoms with Gasteiger partial charge in [-0.2, -0.15) is 0 Å². The first-order valence-electron chi connectivity index (χ1n) is 9.88.